The lowest BCUT2D eigenvalue weighted by Gasteiger charge is -1.97. The first-order valence-corrected chi connectivity index (χ1v) is 5.14. The summed E-state index contributed by atoms with van der Waals surface area (Å²) in [5, 5.41) is 10.4. The van der Waals surface area contributed by atoms with Gasteiger partial charge in [0.05, 0.1) is 6.61 Å². The molecule has 0 unspecified atom stereocenters. The Balaban J connectivity index is 2.84. The lowest BCUT2D eigenvalue weighted by molar-refractivity contribution is 0.283. The molecule has 0 atom stereocenters. The Labute approximate surface area is 81.6 Å². The van der Waals surface area contributed by atoms with Crippen molar-refractivity contribution in [1.82, 2.24) is 0 Å². The van der Waals surface area contributed by atoms with Crippen LogP contribution in [0.15, 0.2) is 18.2 Å². The van der Waals surface area contributed by atoms with Crippen molar-refractivity contribution in [1.29, 1.82) is 0 Å². The molecule has 1 heterocycles. The second-order valence-electron chi connectivity index (χ2n) is 3.24. The van der Waals surface area contributed by atoms with E-state index >= 15 is 0 Å². The molecule has 2 rings (SSSR count). The number of aryl methyl sites for hydroxylation is 2. The fourth-order valence-electron chi connectivity index (χ4n) is 1.54. The second-order valence-corrected chi connectivity index (χ2v) is 4.46. The molecule has 2 heteroatoms. The molecule has 2 aromatic rings. The summed E-state index contributed by atoms with van der Waals surface area (Å²) in [5.74, 6) is 0. The number of rotatable bonds is 1. The highest BCUT2D eigenvalue weighted by Gasteiger charge is 2.07. The SMILES string of the molecule is Cc1sc2c(CO)cccc2c1C. The fraction of sp³-hybridized carbons (Fsp3) is 0.273. The van der Waals surface area contributed by atoms with Crippen LogP contribution in [0.25, 0.3) is 10.1 Å². The summed E-state index contributed by atoms with van der Waals surface area (Å²) in [7, 11) is 0. The summed E-state index contributed by atoms with van der Waals surface area (Å²) >= 11 is 1.77. The van der Waals surface area contributed by atoms with E-state index in [1.807, 2.05) is 12.1 Å². The van der Waals surface area contributed by atoms with Crippen LogP contribution in [-0.4, -0.2) is 5.11 Å². The molecule has 0 amide bonds. The van der Waals surface area contributed by atoms with E-state index in [1.54, 1.807) is 11.3 Å². The van der Waals surface area contributed by atoms with E-state index in [-0.39, 0.29) is 6.61 Å². The molecule has 68 valence electrons. The van der Waals surface area contributed by atoms with Crippen LogP contribution < -0.4 is 0 Å². The highest BCUT2D eigenvalue weighted by atomic mass is 32.1. The van der Waals surface area contributed by atoms with Crippen molar-refractivity contribution < 1.29 is 5.11 Å². The highest BCUT2D eigenvalue weighted by molar-refractivity contribution is 7.19. The van der Waals surface area contributed by atoms with Gasteiger partial charge in [-0.3, -0.25) is 0 Å². The van der Waals surface area contributed by atoms with Gasteiger partial charge in [-0.1, -0.05) is 18.2 Å². The summed E-state index contributed by atoms with van der Waals surface area (Å²) in [6, 6.07) is 6.11. The van der Waals surface area contributed by atoms with Crippen molar-refractivity contribution in [3.05, 3.63) is 34.2 Å². The van der Waals surface area contributed by atoms with Crippen LogP contribution in [0.2, 0.25) is 0 Å². The van der Waals surface area contributed by atoms with E-state index in [0.717, 1.165) is 5.56 Å². The molecule has 0 aliphatic rings. The normalized spacial score (nSPS) is 11.0. The number of hydrogen-bond acceptors (Lipinski definition) is 2. The zero-order valence-corrected chi connectivity index (χ0v) is 8.61. The minimum atomic E-state index is 0.136. The lowest BCUT2D eigenvalue weighted by Crippen LogP contribution is -1.81. The Morgan fingerprint density at radius 3 is 2.77 bits per heavy atom. The third kappa shape index (κ3) is 1.26. The Kier molecular flexibility index (Phi) is 2.10. The molecule has 0 spiro atoms. The minimum Gasteiger partial charge on any atom is -0.392 e. The molecule has 1 nitrogen and oxygen atoms in total. The van der Waals surface area contributed by atoms with E-state index in [2.05, 4.69) is 19.9 Å². The first-order valence-electron chi connectivity index (χ1n) is 4.32. The van der Waals surface area contributed by atoms with Gasteiger partial charge in [0.2, 0.25) is 0 Å². The zero-order chi connectivity index (χ0) is 9.42. The van der Waals surface area contributed by atoms with Crippen molar-refractivity contribution in [3.8, 4) is 0 Å². The van der Waals surface area contributed by atoms with Crippen molar-refractivity contribution in [2.24, 2.45) is 0 Å². The van der Waals surface area contributed by atoms with Crippen LogP contribution in [0.3, 0.4) is 0 Å². The molecule has 0 aliphatic heterocycles. The van der Waals surface area contributed by atoms with Gasteiger partial charge in [0, 0.05) is 9.58 Å². The summed E-state index contributed by atoms with van der Waals surface area (Å²) in [5.41, 5.74) is 2.38. The summed E-state index contributed by atoms with van der Waals surface area (Å²) in [6.45, 7) is 4.40. The average molecular weight is 192 g/mol. The second kappa shape index (κ2) is 3.13. The topological polar surface area (TPSA) is 20.2 Å². The van der Waals surface area contributed by atoms with E-state index in [1.165, 1.54) is 20.5 Å². The van der Waals surface area contributed by atoms with Gasteiger partial charge in [-0.25, -0.2) is 0 Å². The molecule has 13 heavy (non-hydrogen) atoms. The Hall–Kier alpha value is -0.860. The van der Waals surface area contributed by atoms with E-state index in [0.29, 0.717) is 0 Å². The molecule has 1 aromatic carbocycles. The van der Waals surface area contributed by atoms with E-state index < -0.39 is 0 Å². The number of aliphatic hydroxyl groups is 1. The smallest absolute Gasteiger partial charge is 0.0695 e. The van der Waals surface area contributed by atoms with Crippen LogP contribution in [0.5, 0.6) is 0 Å². The Morgan fingerprint density at radius 2 is 2.08 bits per heavy atom. The van der Waals surface area contributed by atoms with Crippen LogP contribution in [-0.2, 0) is 6.61 Å². The van der Waals surface area contributed by atoms with Crippen molar-refractivity contribution in [2.75, 3.05) is 0 Å². The molecular weight excluding hydrogens is 180 g/mol. The zero-order valence-electron chi connectivity index (χ0n) is 7.79. The predicted octanol–water partition coefficient (Wildman–Crippen LogP) is 3.01. The van der Waals surface area contributed by atoms with E-state index in [4.69, 9.17) is 5.11 Å². The molecular formula is C11H12OS. The van der Waals surface area contributed by atoms with Crippen LogP contribution in [0.4, 0.5) is 0 Å². The lowest BCUT2D eigenvalue weighted by atomic mass is 10.1. The third-order valence-corrected chi connectivity index (χ3v) is 3.75. The maximum atomic E-state index is 9.14. The van der Waals surface area contributed by atoms with Crippen LogP contribution >= 0.6 is 11.3 Å². The van der Waals surface area contributed by atoms with Gasteiger partial charge in [0.1, 0.15) is 0 Å². The van der Waals surface area contributed by atoms with Crippen molar-refractivity contribution in [3.63, 3.8) is 0 Å². The predicted molar refractivity (Wildman–Crippen MR) is 57.2 cm³/mol. The average Bonchev–Trinajstić information content (AvgIpc) is 2.43. The largest absolute Gasteiger partial charge is 0.392 e. The van der Waals surface area contributed by atoms with Crippen LogP contribution in [0.1, 0.15) is 16.0 Å². The number of thiophene rings is 1. The number of benzene rings is 1. The van der Waals surface area contributed by atoms with Crippen molar-refractivity contribution >= 4 is 21.4 Å². The molecule has 0 saturated carbocycles. The molecule has 0 saturated heterocycles. The van der Waals surface area contributed by atoms with Gasteiger partial charge in [0.25, 0.3) is 0 Å². The molecule has 1 N–H and O–H groups in total. The molecule has 0 bridgehead atoms. The Bertz CT molecular complexity index is 443. The number of fused-ring (bicyclic) bond motifs is 1. The van der Waals surface area contributed by atoms with Gasteiger partial charge < -0.3 is 5.11 Å². The molecule has 0 fully saturated rings. The molecule has 1 aromatic heterocycles. The summed E-state index contributed by atoms with van der Waals surface area (Å²) in [6.07, 6.45) is 0. The van der Waals surface area contributed by atoms with Gasteiger partial charge in [0.15, 0.2) is 0 Å². The first-order chi connectivity index (χ1) is 6.24. The first kappa shape index (κ1) is 8.73. The minimum absolute atomic E-state index is 0.136. The van der Waals surface area contributed by atoms with Crippen LogP contribution in [0, 0.1) is 13.8 Å². The summed E-state index contributed by atoms with van der Waals surface area (Å²) in [4.78, 5) is 1.34. The fourth-order valence-corrected chi connectivity index (χ4v) is 2.71. The standard InChI is InChI=1S/C11H12OS/c1-7-8(2)13-11-9(6-12)4-3-5-10(7)11/h3-5,12H,6H2,1-2H3. The highest BCUT2D eigenvalue weighted by Crippen LogP contribution is 2.32. The van der Waals surface area contributed by atoms with Gasteiger partial charge in [-0.05, 0) is 30.4 Å². The van der Waals surface area contributed by atoms with Gasteiger partial charge in [-0.15, -0.1) is 11.3 Å². The number of hydrogen-bond donors (Lipinski definition) is 1. The third-order valence-electron chi connectivity index (χ3n) is 2.45. The van der Waals surface area contributed by atoms with Crippen molar-refractivity contribution in [2.45, 2.75) is 20.5 Å². The molecule has 0 aliphatic carbocycles. The van der Waals surface area contributed by atoms with E-state index in [9.17, 15) is 0 Å². The summed E-state index contributed by atoms with van der Waals surface area (Å²) < 4.78 is 1.24. The Morgan fingerprint density at radius 1 is 1.31 bits per heavy atom. The van der Waals surface area contributed by atoms with Gasteiger partial charge >= 0.3 is 0 Å². The molecule has 0 radical (unpaired) electrons. The van der Waals surface area contributed by atoms with Gasteiger partial charge in [-0.2, -0.15) is 0 Å². The maximum Gasteiger partial charge on any atom is 0.0695 e. The maximum absolute atomic E-state index is 9.14. The monoisotopic (exact) mass is 192 g/mol. The quantitative estimate of drug-likeness (QED) is 0.736. The number of aliphatic hydroxyl groups excluding tert-OH is 1.